The predicted octanol–water partition coefficient (Wildman–Crippen LogP) is 2.54. The molecule has 7 heteroatoms. The van der Waals surface area contributed by atoms with Gasteiger partial charge in [0.05, 0.1) is 16.3 Å². The number of hydrogen-bond acceptors (Lipinski definition) is 3. The Morgan fingerprint density at radius 1 is 1.33 bits per heavy atom. The fourth-order valence-corrected chi connectivity index (χ4v) is 2.22. The second-order valence-electron chi connectivity index (χ2n) is 3.33. The van der Waals surface area contributed by atoms with Gasteiger partial charge in [-0.05, 0) is 18.2 Å². The zero-order chi connectivity index (χ0) is 13.5. The van der Waals surface area contributed by atoms with E-state index in [-0.39, 0.29) is 16.7 Å². The highest BCUT2D eigenvalue weighted by atomic mass is 35.5. The van der Waals surface area contributed by atoms with Crippen molar-refractivity contribution in [3.8, 4) is 0 Å². The van der Waals surface area contributed by atoms with Crippen LogP contribution in [0.25, 0.3) is 0 Å². The van der Waals surface area contributed by atoms with Crippen LogP contribution in [-0.4, -0.2) is 35.0 Å². The fourth-order valence-electron chi connectivity index (χ4n) is 1.17. The molecule has 0 radical (unpaired) electrons. The fraction of sp³-hybridized carbons (Fsp3) is 0.273. The minimum absolute atomic E-state index is 0.0254. The van der Waals surface area contributed by atoms with E-state index < -0.39 is 5.97 Å². The molecule has 4 nitrogen and oxygen atoms in total. The quantitative estimate of drug-likeness (QED) is 0.793. The van der Waals surface area contributed by atoms with Gasteiger partial charge in [-0.1, -0.05) is 23.2 Å². The van der Waals surface area contributed by atoms with Crippen LogP contribution in [0.1, 0.15) is 10.4 Å². The van der Waals surface area contributed by atoms with Crippen LogP contribution in [0.2, 0.25) is 10.0 Å². The Bertz CT molecular complexity index is 454. The maximum Gasteiger partial charge on any atom is 0.313 e. The lowest BCUT2D eigenvalue weighted by Gasteiger charge is -2.06. The van der Waals surface area contributed by atoms with E-state index in [4.69, 9.17) is 28.3 Å². The van der Waals surface area contributed by atoms with Gasteiger partial charge in [-0.3, -0.25) is 9.59 Å². The number of hydrogen-bond donors (Lipinski definition) is 2. The maximum atomic E-state index is 11.7. The van der Waals surface area contributed by atoms with E-state index in [1.807, 2.05) is 0 Å². The molecule has 1 aromatic rings. The number of amides is 1. The largest absolute Gasteiger partial charge is 0.481 e. The molecular formula is C11H11Cl2NO3S. The number of carbonyl (C=O) groups excluding carboxylic acids is 1. The second-order valence-corrected chi connectivity index (χ2v) is 5.28. The van der Waals surface area contributed by atoms with Gasteiger partial charge >= 0.3 is 5.97 Å². The molecule has 0 heterocycles. The van der Waals surface area contributed by atoms with Gasteiger partial charge < -0.3 is 10.4 Å². The molecule has 98 valence electrons. The van der Waals surface area contributed by atoms with Gasteiger partial charge in [0.1, 0.15) is 0 Å². The Balaban J connectivity index is 2.39. The van der Waals surface area contributed by atoms with Gasteiger partial charge in [0.2, 0.25) is 0 Å². The number of carboxylic acids is 1. The molecule has 0 spiro atoms. The van der Waals surface area contributed by atoms with E-state index in [0.717, 1.165) is 0 Å². The predicted molar refractivity (Wildman–Crippen MR) is 73.8 cm³/mol. The van der Waals surface area contributed by atoms with E-state index in [0.29, 0.717) is 22.9 Å². The van der Waals surface area contributed by atoms with Crippen molar-refractivity contribution in [1.29, 1.82) is 0 Å². The van der Waals surface area contributed by atoms with Gasteiger partial charge in [0.15, 0.2) is 0 Å². The highest BCUT2D eigenvalue weighted by Crippen LogP contribution is 2.20. The zero-order valence-electron chi connectivity index (χ0n) is 9.28. The first-order valence-corrected chi connectivity index (χ1v) is 6.94. The van der Waals surface area contributed by atoms with E-state index in [1.54, 1.807) is 12.1 Å². The summed E-state index contributed by atoms with van der Waals surface area (Å²) in [6.45, 7) is 0.385. The lowest BCUT2D eigenvalue weighted by atomic mass is 10.2. The van der Waals surface area contributed by atoms with E-state index >= 15 is 0 Å². The summed E-state index contributed by atoms with van der Waals surface area (Å²) in [5.74, 6) is -0.611. The van der Waals surface area contributed by atoms with E-state index in [2.05, 4.69) is 5.32 Å². The van der Waals surface area contributed by atoms with Crippen molar-refractivity contribution in [2.24, 2.45) is 0 Å². The average Bonchev–Trinajstić information content (AvgIpc) is 2.27. The van der Waals surface area contributed by atoms with Crippen LogP contribution in [0.5, 0.6) is 0 Å². The summed E-state index contributed by atoms with van der Waals surface area (Å²) in [4.78, 5) is 22.0. The molecule has 18 heavy (non-hydrogen) atoms. The molecule has 0 aliphatic carbocycles. The molecule has 2 N–H and O–H groups in total. The van der Waals surface area contributed by atoms with Crippen molar-refractivity contribution in [2.75, 3.05) is 18.1 Å². The average molecular weight is 308 g/mol. The van der Waals surface area contributed by atoms with Crippen molar-refractivity contribution >= 4 is 46.8 Å². The molecule has 1 rings (SSSR count). The smallest absolute Gasteiger partial charge is 0.313 e. The number of aliphatic carboxylic acids is 1. The normalized spacial score (nSPS) is 10.1. The molecule has 1 amide bonds. The van der Waals surface area contributed by atoms with Gasteiger partial charge in [-0.25, -0.2) is 0 Å². The number of carboxylic acid groups (broad SMARTS) is 1. The third kappa shape index (κ3) is 5.16. The lowest BCUT2D eigenvalue weighted by Crippen LogP contribution is -2.26. The molecule has 0 aliphatic heterocycles. The van der Waals surface area contributed by atoms with Gasteiger partial charge in [0.25, 0.3) is 5.91 Å². The van der Waals surface area contributed by atoms with Crippen molar-refractivity contribution in [2.45, 2.75) is 0 Å². The molecule has 0 aromatic heterocycles. The van der Waals surface area contributed by atoms with E-state index in [1.165, 1.54) is 17.8 Å². The standard InChI is InChI=1S/C11H11Cl2NO3S/c12-7-1-2-8(9(13)5-7)11(17)14-3-4-18-6-10(15)16/h1-2,5H,3-4,6H2,(H,14,17)(H,15,16). The third-order valence-electron chi connectivity index (χ3n) is 1.93. The first-order valence-electron chi connectivity index (χ1n) is 5.03. The number of thioether (sulfide) groups is 1. The summed E-state index contributed by atoms with van der Waals surface area (Å²) in [6.07, 6.45) is 0. The van der Waals surface area contributed by atoms with Crippen LogP contribution < -0.4 is 5.32 Å². The molecule has 0 atom stereocenters. The Hall–Kier alpha value is -0.910. The Kier molecular flexibility index (Phi) is 6.32. The summed E-state index contributed by atoms with van der Waals surface area (Å²) in [5, 5.41) is 11.8. The van der Waals surface area contributed by atoms with E-state index in [9.17, 15) is 9.59 Å². The Morgan fingerprint density at radius 3 is 2.67 bits per heavy atom. The molecule has 0 aliphatic rings. The van der Waals surface area contributed by atoms with Crippen LogP contribution in [0, 0.1) is 0 Å². The van der Waals surface area contributed by atoms with Crippen molar-refractivity contribution < 1.29 is 14.7 Å². The van der Waals surface area contributed by atoms with Crippen LogP contribution in [-0.2, 0) is 4.79 Å². The summed E-state index contributed by atoms with van der Waals surface area (Å²) >= 11 is 12.8. The van der Waals surface area contributed by atoms with Crippen LogP contribution >= 0.6 is 35.0 Å². The van der Waals surface area contributed by atoms with Crippen LogP contribution in [0.3, 0.4) is 0 Å². The van der Waals surface area contributed by atoms with Crippen molar-refractivity contribution in [1.82, 2.24) is 5.32 Å². The maximum absolute atomic E-state index is 11.7. The lowest BCUT2D eigenvalue weighted by molar-refractivity contribution is -0.133. The Labute approximate surface area is 119 Å². The molecule has 0 saturated heterocycles. The number of carbonyl (C=O) groups is 2. The minimum Gasteiger partial charge on any atom is -0.481 e. The topological polar surface area (TPSA) is 66.4 Å². The molecule has 0 bridgehead atoms. The van der Waals surface area contributed by atoms with Gasteiger partial charge in [-0.2, -0.15) is 0 Å². The molecular weight excluding hydrogens is 297 g/mol. The summed E-state index contributed by atoms with van der Waals surface area (Å²) in [5.41, 5.74) is 0.351. The highest BCUT2D eigenvalue weighted by Gasteiger charge is 2.09. The summed E-state index contributed by atoms with van der Waals surface area (Å²) < 4.78 is 0. The number of nitrogens with one attached hydrogen (secondary N) is 1. The van der Waals surface area contributed by atoms with Gasteiger partial charge in [0, 0.05) is 17.3 Å². The minimum atomic E-state index is -0.868. The molecule has 0 unspecified atom stereocenters. The first kappa shape index (κ1) is 15.1. The highest BCUT2D eigenvalue weighted by molar-refractivity contribution is 7.99. The number of halogens is 2. The van der Waals surface area contributed by atoms with Crippen LogP contribution in [0.15, 0.2) is 18.2 Å². The molecule has 1 aromatic carbocycles. The third-order valence-corrected chi connectivity index (χ3v) is 3.42. The zero-order valence-corrected chi connectivity index (χ0v) is 11.6. The summed E-state index contributed by atoms with van der Waals surface area (Å²) in [7, 11) is 0. The first-order chi connectivity index (χ1) is 8.50. The monoisotopic (exact) mass is 307 g/mol. The van der Waals surface area contributed by atoms with Crippen molar-refractivity contribution in [3.05, 3.63) is 33.8 Å². The second kappa shape index (κ2) is 7.51. The number of rotatable bonds is 6. The SMILES string of the molecule is O=C(O)CSCCNC(=O)c1ccc(Cl)cc1Cl. The van der Waals surface area contributed by atoms with Gasteiger partial charge in [-0.15, -0.1) is 11.8 Å². The van der Waals surface area contributed by atoms with Crippen molar-refractivity contribution in [3.63, 3.8) is 0 Å². The molecule has 0 fully saturated rings. The van der Waals surface area contributed by atoms with Crippen LogP contribution in [0.4, 0.5) is 0 Å². The number of benzene rings is 1. The Morgan fingerprint density at radius 2 is 2.06 bits per heavy atom. The summed E-state index contributed by atoms with van der Waals surface area (Å²) in [6, 6.07) is 4.63. The molecule has 0 saturated carbocycles.